The van der Waals surface area contributed by atoms with Gasteiger partial charge in [0.25, 0.3) is 0 Å². The molecule has 0 amide bonds. The van der Waals surface area contributed by atoms with Gasteiger partial charge in [0.15, 0.2) is 0 Å². The third-order valence-corrected chi connectivity index (χ3v) is 5.22. The summed E-state index contributed by atoms with van der Waals surface area (Å²) in [5.74, 6) is -3.90. The van der Waals surface area contributed by atoms with Crippen molar-refractivity contribution in [1.82, 2.24) is 0 Å². The normalized spacial score (nSPS) is 36.4. The van der Waals surface area contributed by atoms with Gasteiger partial charge in [-0.3, -0.25) is 14.4 Å². The minimum absolute atomic E-state index is 0.0609. The first-order valence-electron chi connectivity index (χ1n) is 9.46. The molecule has 4 fully saturated rings. The number of epoxide rings is 3. The van der Waals surface area contributed by atoms with Crippen LogP contribution in [0.2, 0.25) is 0 Å². The second-order valence-electron chi connectivity index (χ2n) is 7.43. The van der Waals surface area contributed by atoms with E-state index < -0.39 is 35.7 Å². The largest absolute Gasteiger partial charge is 0.463 e. The SMILES string of the molecule is O=C(OCC1CO1)C1CCCC(C(=O)OCC2CO2)C1C(=O)OCC1CO1. The molecular formula is C18H24O9. The molecule has 5 atom stereocenters. The van der Waals surface area contributed by atoms with E-state index in [2.05, 4.69) is 0 Å². The van der Waals surface area contributed by atoms with Crippen molar-refractivity contribution in [1.29, 1.82) is 0 Å². The van der Waals surface area contributed by atoms with Gasteiger partial charge in [-0.25, -0.2) is 0 Å². The standard InChI is InChI=1S/C18H24O9/c19-16(25-7-10-4-22-10)13-2-1-3-14(17(20)26-8-11-5-23-11)15(13)18(21)27-9-12-6-24-12/h10-15H,1-9H2. The zero-order valence-corrected chi connectivity index (χ0v) is 15.0. The van der Waals surface area contributed by atoms with Crippen molar-refractivity contribution in [3.05, 3.63) is 0 Å². The highest BCUT2D eigenvalue weighted by atomic mass is 16.6. The predicted octanol–water partition coefficient (Wildman–Crippen LogP) is -0.155. The first-order valence-corrected chi connectivity index (χ1v) is 9.46. The molecular weight excluding hydrogens is 360 g/mol. The Bertz CT molecular complexity index is 543. The molecule has 27 heavy (non-hydrogen) atoms. The van der Waals surface area contributed by atoms with E-state index in [1.807, 2.05) is 0 Å². The van der Waals surface area contributed by atoms with Gasteiger partial charge in [-0.1, -0.05) is 6.42 Å². The first kappa shape index (κ1) is 18.6. The number of esters is 3. The van der Waals surface area contributed by atoms with Gasteiger partial charge in [0, 0.05) is 0 Å². The molecule has 3 saturated heterocycles. The van der Waals surface area contributed by atoms with Crippen LogP contribution in [0.25, 0.3) is 0 Å². The number of carbonyl (C=O) groups excluding carboxylic acids is 3. The third kappa shape index (κ3) is 5.18. The highest BCUT2D eigenvalue weighted by molar-refractivity contribution is 5.87. The van der Waals surface area contributed by atoms with E-state index in [4.69, 9.17) is 28.4 Å². The Labute approximate surface area is 156 Å². The Morgan fingerprint density at radius 3 is 1.41 bits per heavy atom. The van der Waals surface area contributed by atoms with Crippen molar-refractivity contribution in [2.75, 3.05) is 39.6 Å². The van der Waals surface area contributed by atoms with Crippen LogP contribution in [-0.4, -0.2) is 75.9 Å². The highest BCUT2D eigenvalue weighted by Gasteiger charge is 2.48. The van der Waals surface area contributed by atoms with E-state index >= 15 is 0 Å². The molecule has 9 nitrogen and oxygen atoms in total. The summed E-state index contributed by atoms with van der Waals surface area (Å²) in [7, 11) is 0. The maximum Gasteiger partial charge on any atom is 0.310 e. The molecule has 0 aromatic heterocycles. The van der Waals surface area contributed by atoms with Gasteiger partial charge in [0.2, 0.25) is 0 Å². The predicted molar refractivity (Wildman–Crippen MR) is 86.4 cm³/mol. The van der Waals surface area contributed by atoms with Crippen LogP contribution in [0.5, 0.6) is 0 Å². The maximum absolute atomic E-state index is 12.7. The molecule has 1 saturated carbocycles. The fourth-order valence-electron chi connectivity index (χ4n) is 3.38. The van der Waals surface area contributed by atoms with E-state index in [0.717, 1.165) is 0 Å². The van der Waals surface area contributed by atoms with Crippen molar-refractivity contribution in [3.8, 4) is 0 Å². The Kier molecular flexibility index (Phi) is 5.60. The number of hydrogen-bond donors (Lipinski definition) is 0. The summed E-state index contributed by atoms with van der Waals surface area (Å²) in [5.41, 5.74) is 0. The first-order chi connectivity index (χ1) is 13.1. The second-order valence-corrected chi connectivity index (χ2v) is 7.43. The zero-order valence-electron chi connectivity index (χ0n) is 15.0. The lowest BCUT2D eigenvalue weighted by atomic mass is 9.72. The molecule has 0 radical (unpaired) electrons. The van der Waals surface area contributed by atoms with Crippen molar-refractivity contribution < 1.29 is 42.8 Å². The summed E-state index contributed by atoms with van der Waals surface area (Å²) in [6, 6.07) is 0. The van der Waals surface area contributed by atoms with Crippen LogP contribution in [0.4, 0.5) is 0 Å². The minimum Gasteiger partial charge on any atom is -0.463 e. The molecule has 9 heteroatoms. The van der Waals surface area contributed by atoms with Crippen LogP contribution in [0, 0.1) is 17.8 Å². The van der Waals surface area contributed by atoms with Gasteiger partial charge < -0.3 is 28.4 Å². The highest BCUT2D eigenvalue weighted by Crippen LogP contribution is 2.38. The van der Waals surface area contributed by atoms with Crippen molar-refractivity contribution >= 4 is 17.9 Å². The van der Waals surface area contributed by atoms with Crippen molar-refractivity contribution in [2.24, 2.45) is 17.8 Å². The Morgan fingerprint density at radius 2 is 1.04 bits per heavy atom. The zero-order chi connectivity index (χ0) is 18.8. The molecule has 150 valence electrons. The van der Waals surface area contributed by atoms with Crippen LogP contribution >= 0.6 is 0 Å². The number of rotatable bonds is 9. The van der Waals surface area contributed by atoms with Crippen molar-refractivity contribution in [2.45, 2.75) is 37.6 Å². The van der Waals surface area contributed by atoms with Gasteiger partial charge in [-0.2, -0.15) is 0 Å². The molecule has 3 heterocycles. The molecule has 0 N–H and O–H groups in total. The van der Waals surface area contributed by atoms with Crippen LogP contribution in [0.1, 0.15) is 19.3 Å². The van der Waals surface area contributed by atoms with Gasteiger partial charge in [-0.05, 0) is 12.8 Å². The molecule has 0 aromatic rings. The summed E-state index contributed by atoms with van der Waals surface area (Å²) in [6.45, 7) is 2.16. The monoisotopic (exact) mass is 384 g/mol. The fraction of sp³-hybridized carbons (Fsp3) is 0.833. The van der Waals surface area contributed by atoms with Crippen molar-refractivity contribution in [3.63, 3.8) is 0 Å². The van der Waals surface area contributed by atoms with E-state index in [-0.39, 0.29) is 38.1 Å². The molecule has 0 spiro atoms. The van der Waals surface area contributed by atoms with Gasteiger partial charge in [-0.15, -0.1) is 0 Å². The third-order valence-electron chi connectivity index (χ3n) is 5.22. The lowest BCUT2D eigenvalue weighted by Gasteiger charge is -2.33. The summed E-state index contributed by atoms with van der Waals surface area (Å²) >= 11 is 0. The van der Waals surface area contributed by atoms with Crippen LogP contribution < -0.4 is 0 Å². The fourth-order valence-corrected chi connectivity index (χ4v) is 3.38. The lowest BCUT2D eigenvalue weighted by Crippen LogP contribution is -2.44. The minimum atomic E-state index is -0.905. The molecule has 1 aliphatic carbocycles. The van der Waals surface area contributed by atoms with Crippen LogP contribution in [0.3, 0.4) is 0 Å². The van der Waals surface area contributed by atoms with E-state index in [0.29, 0.717) is 39.1 Å². The van der Waals surface area contributed by atoms with Crippen LogP contribution in [-0.2, 0) is 42.8 Å². The average Bonchev–Trinajstić information content (AvgIpc) is 3.54. The summed E-state index contributed by atoms with van der Waals surface area (Å²) < 4.78 is 31.0. The maximum atomic E-state index is 12.7. The summed E-state index contributed by atoms with van der Waals surface area (Å²) in [5, 5.41) is 0. The molecule has 3 aliphatic heterocycles. The Hall–Kier alpha value is -1.71. The summed E-state index contributed by atoms with van der Waals surface area (Å²) in [6.07, 6.45) is 1.37. The average molecular weight is 384 g/mol. The Morgan fingerprint density at radius 1 is 0.667 bits per heavy atom. The second kappa shape index (κ2) is 8.12. The topological polar surface area (TPSA) is 116 Å². The molecule has 0 aromatic carbocycles. The van der Waals surface area contributed by atoms with Gasteiger partial charge in [0.05, 0.1) is 37.6 Å². The van der Waals surface area contributed by atoms with Gasteiger partial charge >= 0.3 is 17.9 Å². The number of hydrogen-bond acceptors (Lipinski definition) is 9. The molecule has 4 aliphatic rings. The lowest BCUT2D eigenvalue weighted by molar-refractivity contribution is -0.172. The molecule has 0 bridgehead atoms. The van der Waals surface area contributed by atoms with Gasteiger partial charge in [0.1, 0.15) is 38.1 Å². The Balaban J connectivity index is 1.41. The number of carbonyl (C=O) groups is 3. The van der Waals surface area contributed by atoms with E-state index in [1.165, 1.54) is 0 Å². The smallest absolute Gasteiger partial charge is 0.310 e. The quantitative estimate of drug-likeness (QED) is 0.304. The molecule has 5 unspecified atom stereocenters. The molecule has 4 rings (SSSR count). The van der Waals surface area contributed by atoms with E-state index in [1.54, 1.807) is 0 Å². The van der Waals surface area contributed by atoms with Crippen LogP contribution in [0.15, 0.2) is 0 Å². The van der Waals surface area contributed by atoms with E-state index in [9.17, 15) is 14.4 Å². The summed E-state index contributed by atoms with van der Waals surface area (Å²) in [4.78, 5) is 37.8. The number of ether oxygens (including phenoxy) is 6.